The van der Waals surface area contributed by atoms with Crippen LogP contribution in [-0.2, 0) is 13.5 Å². The molecule has 1 heterocycles. The minimum Gasteiger partial charge on any atom is -0.330 e. The van der Waals surface area contributed by atoms with E-state index in [9.17, 15) is 0 Å². The van der Waals surface area contributed by atoms with E-state index < -0.39 is 0 Å². The van der Waals surface area contributed by atoms with Gasteiger partial charge in [0, 0.05) is 19.7 Å². The van der Waals surface area contributed by atoms with E-state index in [-0.39, 0.29) is 0 Å². The first-order valence-corrected chi connectivity index (χ1v) is 4.53. The van der Waals surface area contributed by atoms with Crippen molar-refractivity contribution in [3.8, 4) is 0 Å². The molecule has 1 aliphatic carbocycles. The van der Waals surface area contributed by atoms with Crippen LogP contribution in [0.2, 0.25) is 0 Å². The summed E-state index contributed by atoms with van der Waals surface area (Å²) in [7, 11) is 1.98. The molecule has 1 aliphatic rings. The highest BCUT2D eigenvalue weighted by atomic mass is 15.3. The summed E-state index contributed by atoms with van der Waals surface area (Å²) in [5, 5.41) is 4.40. The lowest BCUT2D eigenvalue weighted by molar-refractivity contribution is 0.739. The number of aromatic nitrogens is 2. The highest BCUT2D eigenvalue weighted by molar-refractivity contribution is 5.26. The van der Waals surface area contributed by atoms with E-state index in [0.717, 1.165) is 12.3 Å². The highest BCUT2D eigenvalue weighted by Crippen LogP contribution is 2.41. The summed E-state index contributed by atoms with van der Waals surface area (Å²) >= 11 is 0. The van der Waals surface area contributed by atoms with Gasteiger partial charge in [-0.2, -0.15) is 5.10 Å². The maximum absolute atomic E-state index is 5.51. The van der Waals surface area contributed by atoms with E-state index in [2.05, 4.69) is 11.3 Å². The Morgan fingerprint density at radius 1 is 1.67 bits per heavy atom. The lowest BCUT2D eigenvalue weighted by Crippen LogP contribution is -2.05. The van der Waals surface area contributed by atoms with Crippen molar-refractivity contribution in [3.63, 3.8) is 0 Å². The van der Waals surface area contributed by atoms with Gasteiger partial charge in [0.2, 0.25) is 0 Å². The molecule has 2 rings (SSSR count). The summed E-state index contributed by atoms with van der Waals surface area (Å²) in [5.41, 5.74) is 8.15. The molecule has 0 unspecified atom stereocenters. The van der Waals surface area contributed by atoms with Crippen molar-refractivity contribution < 1.29 is 0 Å². The van der Waals surface area contributed by atoms with Gasteiger partial charge in [-0.1, -0.05) is 0 Å². The molecule has 0 bridgehead atoms. The Bertz CT molecular complexity index is 273. The first-order chi connectivity index (χ1) is 5.81. The number of rotatable bonds is 3. The zero-order valence-electron chi connectivity index (χ0n) is 7.45. The fourth-order valence-electron chi connectivity index (χ4n) is 1.62. The molecule has 1 aromatic rings. The average molecular weight is 165 g/mol. The minimum atomic E-state index is 0.705. The molecular weight excluding hydrogens is 150 g/mol. The van der Waals surface area contributed by atoms with Crippen LogP contribution in [0.1, 0.15) is 30.0 Å². The fraction of sp³-hybridized carbons (Fsp3) is 0.667. The maximum atomic E-state index is 5.51. The third-order valence-corrected chi connectivity index (χ3v) is 2.34. The van der Waals surface area contributed by atoms with Gasteiger partial charge >= 0.3 is 0 Å². The van der Waals surface area contributed by atoms with Gasteiger partial charge < -0.3 is 5.73 Å². The van der Waals surface area contributed by atoms with Crippen LogP contribution >= 0.6 is 0 Å². The van der Waals surface area contributed by atoms with Gasteiger partial charge in [-0.05, 0) is 30.9 Å². The minimum absolute atomic E-state index is 0.705. The second-order valence-corrected chi connectivity index (χ2v) is 3.52. The van der Waals surface area contributed by atoms with Gasteiger partial charge in [0.15, 0.2) is 0 Å². The monoisotopic (exact) mass is 165 g/mol. The second-order valence-electron chi connectivity index (χ2n) is 3.52. The molecule has 1 saturated carbocycles. The van der Waals surface area contributed by atoms with Crippen LogP contribution < -0.4 is 5.73 Å². The van der Waals surface area contributed by atoms with E-state index in [1.54, 1.807) is 0 Å². The summed E-state index contributed by atoms with van der Waals surface area (Å²) < 4.78 is 1.90. The third-order valence-electron chi connectivity index (χ3n) is 2.34. The van der Waals surface area contributed by atoms with Crippen molar-refractivity contribution >= 4 is 0 Å². The molecule has 0 saturated heterocycles. The molecule has 12 heavy (non-hydrogen) atoms. The molecule has 1 aromatic heterocycles. The van der Waals surface area contributed by atoms with Crippen molar-refractivity contribution in [2.75, 3.05) is 6.54 Å². The lowest BCUT2D eigenvalue weighted by atomic mass is 10.1. The van der Waals surface area contributed by atoms with Crippen molar-refractivity contribution in [2.24, 2.45) is 12.8 Å². The summed E-state index contributed by atoms with van der Waals surface area (Å²) in [5.74, 6) is 0.792. The van der Waals surface area contributed by atoms with Crippen LogP contribution in [0.5, 0.6) is 0 Å². The largest absolute Gasteiger partial charge is 0.330 e. The first-order valence-electron chi connectivity index (χ1n) is 4.53. The summed E-state index contributed by atoms with van der Waals surface area (Å²) in [6.45, 7) is 0.705. The highest BCUT2D eigenvalue weighted by Gasteiger charge is 2.27. The molecule has 66 valence electrons. The van der Waals surface area contributed by atoms with E-state index in [1.165, 1.54) is 24.1 Å². The van der Waals surface area contributed by atoms with Gasteiger partial charge in [-0.3, -0.25) is 4.68 Å². The molecule has 1 fully saturated rings. The smallest absolute Gasteiger partial charge is 0.0671 e. The quantitative estimate of drug-likeness (QED) is 0.720. The zero-order valence-corrected chi connectivity index (χ0v) is 7.45. The molecule has 3 heteroatoms. The SMILES string of the molecule is Cn1cc(C2CC2)c(CCN)n1. The lowest BCUT2D eigenvalue weighted by Gasteiger charge is -1.95. The average Bonchev–Trinajstić information content (AvgIpc) is 2.79. The van der Waals surface area contributed by atoms with Gasteiger partial charge in [-0.15, -0.1) is 0 Å². The molecule has 2 N–H and O–H groups in total. The van der Waals surface area contributed by atoms with E-state index >= 15 is 0 Å². The number of aryl methyl sites for hydroxylation is 1. The van der Waals surface area contributed by atoms with E-state index in [1.807, 2.05) is 11.7 Å². The fourth-order valence-corrected chi connectivity index (χ4v) is 1.62. The summed E-state index contributed by atoms with van der Waals surface area (Å²) in [6.07, 6.45) is 5.74. The molecule has 0 spiro atoms. The first kappa shape index (κ1) is 7.80. The van der Waals surface area contributed by atoms with Crippen molar-refractivity contribution in [1.82, 2.24) is 9.78 Å². The van der Waals surface area contributed by atoms with Crippen molar-refractivity contribution in [2.45, 2.75) is 25.2 Å². The van der Waals surface area contributed by atoms with Crippen LogP contribution in [0, 0.1) is 0 Å². The summed E-state index contributed by atoms with van der Waals surface area (Å²) in [6, 6.07) is 0. The molecule has 0 radical (unpaired) electrons. The van der Waals surface area contributed by atoms with E-state index in [0.29, 0.717) is 6.54 Å². The van der Waals surface area contributed by atoms with Crippen molar-refractivity contribution in [1.29, 1.82) is 0 Å². The van der Waals surface area contributed by atoms with Crippen molar-refractivity contribution in [3.05, 3.63) is 17.5 Å². The molecule has 3 nitrogen and oxygen atoms in total. The zero-order chi connectivity index (χ0) is 8.55. The van der Waals surface area contributed by atoms with Crippen LogP contribution in [0.15, 0.2) is 6.20 Å². The molecule has 0 amide bonds. The van der Waals surface area contributed by atoms with E-state index in [4.69, 9.17) is 5.73 Å². The Balaban J connectivity index is 2.24. The molecule has 0 atom stereocenters. The Morgan fingerprint density at radius 3 is 3.00 bits per heavy atom. The number of hydrogen-bond donors (Lipinski definition) is 1. The Hall–Kier alpha value is -0.830. The topological polar surface area (TPSA) is 43.8 Å². The second kappa shape index (κ2) is 2.90. The number of nitrogens with two attached hydrogens (primary N) is 1. The third kappa shape index (κ3) is 1.37. The summed E-state index contributed by atoms with van der Waals surface area (Å²) in [4.78, 5) is 0. The van der Waals surface area contributed by atoms with Gasteiger partial charge in [0.05, 0.1) is 5.69 Å². The van der Waals surface area contributed by atoms with Crippen LogP contribution in [0.4, 0.5) is 0 Å². The van der Waals surface area contributed by atoms with Gasteiger partial charge in [0.25, 0.3) is 0 Å². The Kier molecular flexibility index (Phi) is 1.89. The normalized spacial score (nSPS) is 16.8. The maximum Gasteiger partial charge on any atom is 0.0671 e. The standard InChI is InChI=1S/C9H15N3/c1-12-6-8(7-2-3-7)9(11-12)4-5-10/h6-7H,2-5,10H2,1H3. The number of nitrogens with zero attached hydrogens (tertiary/aromatic N) is 2. The predicted molar refractivity (Wildman–Crippen MR) is 47.9 cm³/mol. The van der Waals surface area contributed by atoms with Gasteiger partial charge in [-0.25, -0.2) is 0 Å². The van der Waals surface area contributed by atoms with Crippen LogP contribution in [0.3, 0.4) is 0 Å². The molecule has 0 aromatic carbocycles. The molecule has 0 aliphatic heterocycles. The Labute approximate surface area is 72.6 Å². The number of hydrogen-bond acceptors (Lipinski definition) is 2. The Morgan fingerprint density at radius 2 is 2.42 bits per heavy atom. The predicted octanol–water partition coefficient (Wildman–Crippen LogP) is 0.799. The van der Waals surface area contributed by atoms with Crippen LogP contribution in [-0.4, -0.2) is 16.3 Å². The van der Waals surface area contributed by atoms with Crippen LogP contribution in [0.25, 0.3) is 0 Å². The molecular formula is C9H15N3. The van der Waals surface area contributed by atoms with Gasteiger partial charge in [0.1, 0.15) is 0 Å².